The van der Waals surface area contributed by atoms with Gasteiger partial charge in [0, 0.05) is 45.8 Å². The smallest absolute Gasteiger partial charge is 0.281 e. The molecule has 2 aliphatic heterocycles. The molecule has 2 rings (SSSR count). The first-order chi connectivity index (χ1) is 10.1. The number of nitrogens with one attached hydrogen (secondary N) is 1. The topological polar surface area (TPSA) is 79.0 Å². The molecule has 2 aliphatic rings. The minimum absolute atomic E-state index is 0.00488. The molecular weight excluding hydrogens is 294 g/mol. The van der Waals surface area contributed by atoms with Gasteiger partial charge in [-0.05, 0) is 25.7 Å². The molecule has 2 heterocycles. The Hall–Kier alpha value is -0.700. The van der Waals surface area contributed by atoms with Crippen LogP contribution in [0.25, 0.3) is 0 Å². The normalized spacial score (nSPS) is 22.5. The van der Waals surface area contributed by atoms with Crippen LogP contribution in [-0.4, -0.2) is 69.4 Å². The van der Waals surface area contributed by atoms with Gasteiger partial charge < -0.3 is 10.1 Å². The van der Waals surface area contributed by atoms with Crippen LogP contribution in [0.4, 0.5) is 0 Å². The third-order valence-electron chi connectivity index (χ3n) is 4.15. The van der Waals surface area contributed by atoms with Crippen LogP contribution >= 0.6 is 0 Å². The summed E-state index contributed by atoms with van der Waals surface area (Å²) >= 11 is 0. The maximum Gasteiger partial charge on any atom is 0.281 e. The van der Waals surface area contributed by atoms with Crippen molar-refractivity contribution in [2.45, 2.75) is 25.7 Å². The second-order valence-corrected chi connectivity index (χ2v) is 7.50. The predicted molar refractivity (Wildman–Crippen MR) is 78.9 cm³/mol. The fourth-order valence-electron chi connectivity index (χ4n) is 2.85. The van der Waals surface area contributed by atoms with E-state index in [-0.39, 0.29) is 11.8 Å². The van der Waals surface area contributed by atoms with E-state index in [2.05, 4.69) is 5.32 Å². The maximum atomic E-state index is 12.4. The fraction of sp³-hybridized carbons (Fsp3) is 0.923. The zero-order chi connectivity index (χ0) is 15.3. The number of methoxy groups -OCH3 is 1. The number of carbonyl (C=O) groups excluding carboxylic acids is 1. The fourth-order valence-corrected chi connectivity index (χ4v) is 4.57. The average Bonchev–Trinajstić information content (AvgIpc) is 3.02. The van der Waals surface area contributed by atoms with E-state index < -0.39 is 10.2 Å². The molecule has 8 heteroatoms. The van der Waals surface area contributed by atoms with Crippen molar-refractivity contribution in [2.75, 3.05) is 46.4 Å². The molecule has 0 unspecified atom stereocenters. The van der Waals surface area contributed by atoms with Crippen LogP contribution in [0.15, 0.2) is 0 Å². The lowest BCUT2D eigenvalue weighted by Gasteiger charge is -2.33. The van der Waals surface area contributed by atoms with Crippen molar-refractivity contribution in [1.29, 1.82) is 0 Å². The largest absolute Gasteiger partial charge is 0.383 e. The number of nitrogens with zero attached hydrogens (tertiary/aromatic N) is 2. The van der Waals surface area contributed by atoms with Crippen molar-refractivity contribution in [3.8, 4) is 0 Å². The Morgan fingerprint density at radius 1 is 1.14 bits per heavy atom. The molecule has 0 radical (unpaired) electrons. The zero-order valence-electron chi connectivity index (χ0n) is 12.6. The molecule has 0 bridgehead atoms. The quantitative estimate of drug-likeness (QED) is 0.688. The highest BCUT2D eigenvalue weighted by Gasteiger charge is 2.35. The second kappa shape index (κ2) is 7.53. The van der Waals surface area contributed by atoms with Crippen molar-refractivity contribution in [2.24, 2.45) is 5.92 Å². The maximum absolute atomic E-state index is 12.4. The number of hydrogen-bond acceptors (Lipinski definition) is 4. The Bertz CT molecular complexity index is 440. The van der Waals surface area contributed by atoms with E-state index in [1.807, 2.05) is 0 Å². The third-order valence-corrected chi connectivity index (χ3v) is 6.18. The lowest BCUT2D eigenvalue weighted by Crippen LogP contribution is -2.48. The molecular formula is C13H25N3O4S. The number of hydrogen-bond donors (Lipinski definition) is 1. The Morgan fingerprint density at radius 3 is 2.29 bits per heavy atom. The molecule has 0 saturated carbocycles. The van der Waals surface area contributed by atoms with Crippen molar-refractivity contribution >= 4 is 16.1 Å². The van der Waals surface area contributed by atoms with Crippen LogP contribution in [0.5, 0.6) is 0 Å². The monoisotopic (exact) mass is 319 g/mol. The van der Waals surface area contributed by atoms with Gasteiger partial charge in [-0.15, -0.1) is 0 Å². The molecule has 1 amide bonds. The van der Waals surface area contributed by atoms with Crippen molar-refractivity contribution in [1.82, 2.24) is 13.9 Å². The minimum Gasteiger partial charge on any atom is -0.383 e. The lowest BCUT2D eigenvalue weighted by molar-refractivity contribution is -0.126. The van der Waals surface area contributed by atoms with Crippen molar-refractivity contribution in [3.05, 3.63) is 0 Å². The van der Waals surface area contributed by atoms with Gasteiger partial charge in [0.2, 0.25) is 5.91 Å². The van der Waals surface area contributed by atoms with Gasteiger partial charge in [0.05, 0.1) is 6.61 Å². The van der Waals surface area contributed by atoms with E-state index in [0.29, 0.717) is 52.2 Å². The van der Waals surface area contributed by atoms with Gasteiger partial charge in [-0.3, -0.25) is 4.79 Å². The minimum atomic E-state index is -3.32. The third kappa shape index (κ3) is 4.15. The van der Waals surface area contributed by atoms with Crippen LogP contribution in [0, 0.1) is 5.92 Å². The van der Waals surface area contributed by atoms with Gasteiger partial charge in [-0.2, -0.15) is 17.0 Å². The van der Waals surface area contributed by atoms with Crippen LogP contribution in [-0.2, 0) is 19.7 Å². The van der Waals surface area contributed by atoms with Crippen LogP contribution < -0.4 is 5.32 Å². The summed E-state index contributed by atoms with van der Waals surface area (Å²) in [6, 6.07) is 0. The Kier molecular flexibility index (Phi) is 5.98. The highest BCUT2D eigenvalue weighted by atomic mass is 32.2. The molecule has 0 spiro atoms. The first kappa shape index (κ1) is 16.7. The number of ether oxygens (including phenoxy) is 1. The standard InChI is InChI=1S/C13H25N3O4S/c1-20-11-6-14-13(17)12-4-9-16(10-5-12)21(18,19)15-7-2-3-8-15/h12H,2-11H2,1H3,(H,14,17). The van der Waals surface area contributed by atoms with E-state index in [0.717, 1.165) is 12.8 Å². The summed E-state index contributed by atoms with van der Waals surface area (Å²) in [6.45, 7) is 3.11. The molecule has 2 saturated heterocycles. The molecule has 2 fully saturated rings. The van der Waals surface area contributed by atoms with E-state index in [1.54, 1.807) is 11.4 Å². The van der Waals surface area contributed by atoms with Gasteiger partial charge >= 0.3 is 0 Å². The molecule has 122 valence electrons. The second-order valence-electron chi connectivity index (χ2n) is 5.57. The van der Waals surface area contributed by atoms with Gasteiger partial charge in [-0.25, -0.2) is 0 Å². The first-order valence-corrected chi connectivity index (χ1v) is 8.97. The molecule has 7 nitrogen and oxygen atoms in total. The number of rotatable bonds is 6. The number of piperidine rings is 1. The number of amides is 1. The highest BCUT2D eigenvalue weighted by molar-refractivity contribution is 7.86. The number of carbonyl (C=O) groups is 1. The molecule has 1 N–H and O–H groups in total. The zero-order valence-corrected chi connectivity index (χ0v) is 13.4. The molecule has 0 atom stereocenters. The Balaban J connectivity index is 1.81. The molecule has 21 heavy (non-hydrogen) atoms. The summed E-state index contributed by atoms with van der Waals surface area (Å²) in [6.07, 6.45) is 3.06. The average molecular weight is 319 g/mol. The summed E-state index contributed by atoms with van der Waals surface area (Å²) in [5.74, 6) is -0.0860. The SMILES string of the molecule is COCCNC(=O)C1CCN(S(=O)(=O)N2CCCC2)CC1. The van der Waals surface area contributed by atoms with Crippen molar-refractivity contribution < 1.29 is 17.9 Å². The molecule has 0 aliphatic carbocycles. The Morgan fingerprint density at radius 2 is 1.71 bits per heavy atom. The van der Waals surface area contributed by atoms with Gasteiger partial charge in [-0.1, -0.05) is 0 Å². The predicted octanol–water partition coefficient (Wildman–Crippen LogP) is -0.198. The summed E-state index contributed by atoms with van der Waals surface area (Å²) in [5.41, 5.74) is 0. The lowest BCUT2D eigenvalue weighted by atomic mass is 9.97. The Labute approximate surface area is 126 Å². The molecule has 0 aromatic heterocycles. The van der Waals surface area contributed by atoms with Gasteiger partial charge in [0.1, 0.15) is 0 Å². The summed E-state index contributed by atoms with van der Waals surface area (Å²) in [5, 5.41) is 2.82. The molecule has 0 aromatic carbocycles. The highest BCUT2D eigenvalue weighted by Crippen LogP contribution is 2.23. The van der Waals surface area contributed by atoms with Crippen LogP contribution in [0.2, 0.25) is 0 Å². The van der Waals surface area contributed by atoms with E-state index in [4.69, 9.17) is 4.74 Å². The van der Waals surface area contributed by atoms with E-state index >= 15 is 0 Å². The van der Waals surface area contributed by atoms with Crippen molar-refractivity contribution in [3.63, 3.8) is 0 Å². The van der Waals surface area contributed by atoms with Gasteiger partial charge in [0.15, 0.2) is 0 Å². The van der Waals surface area contributed by atoms with E-state index in [1.165, 1.54) is 4.31 Å². The first-order valence-electron chi connectivity index (χ1n) is 7.57. The molecule has 0 aromatic rings. The summed E-state index contributed by atoms with van der Waals surface area (Å²) in [4.78, 5) is 11.9. The van der Waals surface area contributed by atoms with Crippen LogP contribution in [0.1, 0.15) is 25.7 Å². The van der Waals surface area contributed by atoms with Crippen LogP contribution in [0.3, 0.4) is 0 Å². The summed E-state index contributed by atoms with van der Waals surface area (Å²) < 4.78 is 32.8. The summed E-state index contributed by atoms with van der Waals surface area (Å²) in [7, 11) is -1.73. The van der Waals surface area contributed by atoms with E-state index in [9.17, 15) is 13.2 Å². The van der Waals surface area contributed by atoms with Gasteiger partial charge in [0.25, 0.3) is 10.2 Å².